The van der Waals surface area contributed by atoms with Crippen LogP contribution in [0.1, 0.15) is 50.2 Å². The van der Waals surface area contributed by atoms with Gasteiger partial charge >= 0.3 is 0 Å². The number of rotatable bonds is 4. The summed E-state index contributed by atoms with van der Waals surface area (Å²) in [6.45, 7) is 2.12. The number of carbonyl (C=O) groups is 1. The summed E-state index contributed by atoms with van der Waals surface area (Å²) in [7, 11) is 0. The summed E-state index contributed by atoms with van der Waals surface area (Å²) in [4.78, 5) is 12.0. The number of carbonyl (C=O) groups excluding carboxylic acids is 1. The fraction of sp³-hybridized carbons (Fsp3) is 0.500. The second kappa shape index (κ2) is 7.99. The van der Waals surface area contributed by atoms with Crippen LogP contribution >= 0.6 is 0 Å². The molecule has 1 aromatic rings. The molecule has 2 rings (SSSR count). The maximum Gasteiger partial charge on any atom is 0.244 e. The second-order valence-corrected chi connectivity index (χ2v) is 5.75. The van der Waals surface area contributed by atoms with Crippen LogP contribution in [-0.4, -0.2) is 23.2 Å². The Morgan fingerprint density at radius 3 is 2.67 bits per heavy atom. The van der Waals surface area contributed by atoms with Crippen molar-refractivity contribution in [2.75, 3.05) is 0 Å². The highest BCUT2D eigenvalue weighted by molar-refractivity contribution is 5.91. The number of nitrogens with one attached hydrogen (secondary N) is 1. The first-order valence-electron chi connectivity index (χ1n) is 7.94. The number of amides is 1. The van der Waals surface area contributed by atoms with Crippen LogP contribution in [0, 0.1) is 0 Å². The van der Waals surface area contributed by atoms with E-state index in [1.807, 2.05) is 18.2 Å². The first-order valence-corrected chi connectivity index (χ1v) is 7.94. The molecule has 0 saturated heterocycles. The van der Waals surface area contributed by atoms with Crippen LogP contribution in [0.15, 0.2) is 30.3 Å². The SMILES string of the molecule is CCc1ccc(/C=C/C(=O)NC2CCCCCC2O)cc1. The van der Waals surface area contributed by atoms with Gasteiger partial charge in [-0.1, -0.05) is 50.5 Å². The fourth-order valence-corrected chi connectivity index (χ4v) is 2.72. The van der Waals surface area contributed by atoms with Gasteiger partial charge in [0, 0.05) is 6.08 Å². The highest BCUT2D eigenvalue weighted by atomic mass is 16.3. The standard InChI is InChI=1S/C18H25NO2/c1-2-14-8-10-15(11-9-14)12-13-18(21)19-16-6-4-3-5-7-17(16)20/h8-13,16-17,20H,2-7H2,1H3,(H,19,21)/b13-12+. The molecule has 3 nitrogen and oxygen atoms in total. The van der Waals surface area contributed by atoms with Gasteiger partial charge in [0.1, 0.15) is 0 Å². The van der Waals surface area contributed by atoms with Crippen LogP contribution in [0.3, 0.4) is 0 Å². The zero-order chi connectivity index (χ0) is 15.1. The van der Waals surface area contributed by atoms with E-state index < -0.39 is 6.10 Å². The molecule has 0 aliphatic heterocycles. The Morgan fingerprint density at radius 2 is 1.95 bits per heavy atom. The largest absolute Gasteiger partial charge is 0.391 e. The summed E-state index contributed by atoms with van der Waals surface area (Å²) in [5.74, 6) is -0.125. The van der Waals surface area contributed by atoms with E-state index in [4.69, 9.17) is 0 Å². The molecule has 0 aromatic heterocycles. The van der Waals surface area contributed by atoms with Crippen LogP contribution in [0.25, 0.3) is 6.08 Å². The minimum absolute atomic E-state index is 0.105. The number of benzene rings is 1. The van der Waals surface area contributed by atoms with Crippen molar-refractivity contribution in [3.8, 4) is 0 Å². The molecule has 3 heteroatoms. The zero-order valence-corrected chi connectivity index (χ0v) is 12.7. The quantitative estimate of drug-likeness (QED) is 0.660. The van der Waals surface area contributed by atoms with Crippen molar-refractivity contribution in [1.29, 1.82) is 0 Å². The first-order chi connectivity index (χ1) is 10.2. The van der Waals surface area contributed by atoms with E-state index in [0.29, 0.717) is 0 Å². The molecule has 0 bridgehead atoms. The van der Waals surface area contributed by atoms with Gasteiger partial charge in [0.2, 0.25) is 5.91 Å². The predicted molar refractivity (Wildman–Crippen MR) is 85.9 cm³/mol. The maximum atomic E-state index is 12.0. The Labute approximate surface area is 127 Å². The van der Waals surface area contributed by atoms with Crippen molar-refractivity contribution in [3.63, 3.8) is 0 Å². The smallest absolute Gasteiger partial charge is 0.244 e. The first kappa shape index (κ1) is 15.8. The van der Waals surface area contributed by atoms with Crippen molar-refractivity contribution < 1.29 is 9.90 Å². The van der Waals surface area contributed by atoms with Crippen molar-refractivity contribution >= 4 is 12.0 Å². The van der Waals surface area contributed by atoms with Crippen molar-refractivity contribution in [2.45, 2.75) is 57.6 Å². The summed E-state index contributed by atoms with van der Waals surface area (Å²) in [6.07, 6.45) is 8.90. The van der Waals surface area contributed by atoms with Crippen molar-refractivity contribution in [2.24, 2.45) is 0 Å². The lowest BCUT2D eigenvalue weighted by Crippen LogP contribution is -2.41. The van der Waals surface area contributed by atoms with E-state index in [-0.39, 0.29) is 11.9 Å². The van der Waals surface area contributed by atoms with E-state index in [2.05, 4.69) is 24.4 Å². The summed E-state index contributed by atoms with van der Waals surface area (Å²) in [5, 5.41) is 12.9. The summed E-state index contributed by atoms with van der Waals surface area (Å²) >= 11 is 0. The van der Waals surface area contributed by atoms with Gasteiger partial charge in [-0.05, 0) is 36.5 Å². The monoisotopic (exact) mass is 287 g/mol. The van der Waals surface area contributed by atoms with E-state index in [1.165, 1.54) is 5.56 Å². The van der Waals surface area contributed by atoms with Crippen molar-refractivity contribution in [1.82, 2.24) is 5.32 Å². The fourth-order valence-electron chi connectivity index (χ4n) is 2.72. The Morgan fingerprint density at radius 1 is 1.24 bits per heavy atom. The average molecular weight is 287 g/mol. The Kier molecular flexibility index (Phi) is 6.00. The van der Waals surface area contributed by atoms with Crippen LogP contribution in [0.5, 0.6) is 0 Å². The van der Waals surface area contributed by atoms with Gasteiger partial charge in [0.25, 0.3) is 0 Å². The summed E-state index contributed by atoms with van der Waals surface area (Å²) < 4.78 is 0. The molecule has 1 saturated carbocycles. The summed E-state index contributed by atoms with van der Waals surface area (Å²) in [6, 6.07) is 8.08. The Hall–Kier alpha value is -1.61. The minimum Gasteiger partial charge on any atom is -0.391 e. The lowest BCUT2D eigenvalue weighted by atomic mass is 10.1. The van der Waals surface area contributed by atoms with Crippen molar-refractivity contribution in [3.05, 3.63) is 41.5 Å². The van der Waals surface area contributed by atoms with Crippen LogP contribution in [0.2, 0.25) is 0 Å². The average Bonchev–Trinajstić information content (AvgIpc) is 2.71. The molecule has 1 amide bonds. The molecule has 0 heterocycles. The lowest BCUT2D eigenvalue weighted by molar-refractivity contribution is -0.118. The summed E-state index contributed by atoms with van der Waals surface area (Å²) in [5.41, 5.74) is 2.31. The molecule has 114 valence electrons. The van der Waals surface area contributed by atoms with E-state index in [1.54, 1.807) is 6.08 Å². The molecule has 0 radical (unpaired) electrons. The van der Waals surface area contributed by atoms with Gasteiger partial charge in [0.15, 0.2) is 0 Å². The zero-order valence-electron chi connectivity index (χ0n) is 12.7. The van der Waals surface area contributed by atoms with Crippen LogP contribution in [-0.2, 0) is 11.2 Å². The number of aliphatic hydroxyl groups is 1. The third-order valence-electron chi connectivity index (χ3n) is 4.12. The predicted octanol–water partition coefficient (Wildman–Crippen LogP) is 3.07. The molecule has 21 heavy (non-hydrogen) atoms. The number of aryl methyl sites for hydroxylation is 1. The lowest BCUT2D eigenvalue weighted by Gasteiger charge is -2.20. The third-order valence-corrected chi connectivity index (χ3v) is 4.12. The molecular weight excluding hydrogens is 262 g/mol. The van der Waals surface area contributed by atoms with E-state index in [0.717, 1.165) is 44.1 Å². The normalized spacial score (nSPS) is 23.0. The molecule has 1 aliphatic carbocycles. The number of aliphatic hydroxyl groups excluding tert-OH is 1. The third kappa shape index (κ3) is 5.01. The minimum atomic E-state index is -0.409. The Bertz CT molecular complexity index is 478. The topological polar surface area (TPSA) is 49.3 Å². The number of hydrogen-bond donors (Lipinski definition) is 2. The van der Waals surface area contributed by atoms with Gasteiger partial charge in [-0.3, -0.25) is 4.79 Å². The van der Waals surface area contributed by atoms with Gasteiger partial charge in [-0.2, -0.15) is 0 Å². The maximum absolute atomic E-state index is 12.0. The molecular formula is C18H25NO2. The van der Waals surface area contributed by atoms with Gasteiger partial charge in [0.05, 0.1) is 12.1 Å². The van der Waals surface area contributed by atoms with Gasteiger partial charge in [-0.25, -0.2) is 0 Å². The highest BCUT2D eigenvalue weighted by Gasteiger charge is 2.22. The number of hydrogen-bond acceptors (Lipinski definition) is 2. The van der Waals surface area contributed by atoms with E-state index >= 15 is 0 Å². The molecule has 2 N–H and O–H groups in total. The molecule has 0 spiro atoms. The molecule has 1 aliphatic rings. The van der Waals surface area contributed by atoms with Gasteiger partial charge < -0.3 is 10.4 Å². The second-order valence-electron chi connectivity index (χ2n) is 5.75. The molecule has 2 unspecified atom stereocenters. The van der Waals surface area contributed by atoms with E-state index in [9.17, 15) is 9.90 Å². The van der Waals surface area contributed by atoms with Gasteiger partial charge in [-0.15, -0.1) is 0 Å². The van der Waals surface area contributed by atoms with Crippen LogP contribution < -0.4 is 5.32 Å². The highest BCUT2D eigenvalue weighted by Crippen LogP contribution is 2.18. The Balaban J connectivity index is 1.89. The molecule has 2 atom stereocenters. The molecule has 1 fully saturated rings. The van der Waals surface area contributed by atoms with Crippen LogP contribution in [0.4, 0.5) is 0 Å². The molecule has 1 aromatic carbocycles.